The maximum Gasteiger partial charge on any atom is 0.274 e. The number of nitrogens with zero attached hydrogens (tertiary/aromatic N) is 1. The van der Waals surface area contributed by atoms with Crippen LogP contribution in [0.2, 0.25) is 0 Å². The molecule has 0 saturated carbocycles. The number of hydrogen-bond acceptors (Lipinski definition) is 8. The minimum absolute atomic E-state index is 0.108. The summed E-state index contributed by atoms with van der Waals surface area (Å²) >= 11 is 0. The number of aromatic hydroxyl groups is 2. The van der Waals surface area contributed by atoms with Crippen LogP contribution in [0.3, 0.4) is 0 Å². The van der Waals surface area contributed by atoms with Crippen LogP contribution in [0, 0.1) is 0 Å². The van der Waals surface area contributed by atoms with Crippen LogP contribution in [0.4, 0.5) is 0 Å². The van der Waals surface area contributed by atoms with E-state index < -0.39 is 45.8 Å². The smallest absolute Gasteiger partial charge is 0.274 e. The zero-order chi connectivity index (χ0) is 21.0. The Morgan fingerprint density at radius 3 is 1.76 bits per heavy atom. The number of rotatable bonds is 8. The minimum Gasteiger partial charge on any atom is -0.502 e. The normalized spacial score (nSPS) is 13.6. The average molecular weight is 421 g/mol. The second-order valence-electron chi connectivity index (χ2n) is 6.44. The van der Waals surface area contributed by atoms with Gasteiger partial charge in [0.05, 0.1) is 6.61 Å². The third-order valence-electron chi connectivity index (χ3n) is 4.34. The molecule has 2 aromatic carbocycles. The molecule has 29 heavy (non-hydrogen) atoms. The minimum atomic E-state index is -3.91. The molecule has 0 radical (unpaired) electrons. The molecule has 0 fully saturated rings. The third-order valence-corrected chi connectivity index (χ3v) is 6.09. The molecule has 0 aliphatic heterocycles. The van der Waals surface area contributed by atoms with E-state index in [4.69, 9.17) is 9.52 Å². The summed E-state index contributed by atoms with van der Waals surface area (Å²) in [5, 5.41) is 38.4. The van der Waals surface area contributed by atoms with Gasteiger partial charge in [0.2, 0.25) is 11.5 Å². The molecular weight excluding hydrogens is 398 g/mol. The van der Waals surface area contributed by atoms with Crippen LogP contribution in [-0.4, -0.2) is 40.4 Å². The van der Waals surface area contributed by atoms with Crippen LogP contribution >= 0.6 is 10.8 Å². The predicted molar refractivity (Wildman–Crippen MR) is 107 cm³/mol. The lowest BCUT2D eigenvalue weighted by Gasteiger charge is -2.40. The molecule has 0 spiro atoms. The van der Waals surface area contributed by atoms with Crippen LogP contribution in [0.5, 0.6) is 11.5 Å². The molecule has 1 atom stereocenters. The van der Waals surface area contributed by atoms with E-state index in [1.165, 1.54) is 4.31 Å². The van der Waals surface area contributed by atoms with Crippen molar-refractivity contribution in [3.63, 3.8) is 0 Å². The van der Waals surface area contributed by atoms with Crippen LogP contribution < -0.4 is 0 Å². The van der Waals surface area contributed by atoms with Gasteiger partial charge in [-0.3, -0.25) is 9.11 Å². The molecule has 8 nitrogen and oxygen atoms in total. The molecule has 0 unspecified atom stereocenters. The summed E-state index contributed by atoms with van der Waals surface area (Å²) in [5.41, 5.74) is 1.57. The van der Waals surface area contributed by atoms with Gasteiger partial charge in [-0.1, -0.05) is 71.4 Å². The van der Waals surface area contributed by atoms with E-state index in [0.717, 1.165) is 11.1 Å². The van der Waals surface area contributed by atoms with E-state index in [9.17, 15) is 24.4 Å². The predicted octanol–water partition coefficient (Wildman–Crippen LogP) is 3.44. The molecule has 0 amide bonds. The number of aliphatic hydroxyl groups excluding tert-OH is 2. The van der Waals surface area contributed by atoms with Crippen molar-refractivity contribution >= 4 is 10.8 Å². The summed E-state index contributed by atoms with van der Waals surface area (Å²) in [6.45, 7) is -0.565. The molecule has 0 bridgehead atoms. The largest absolute Gasteiger partial charge is 0.502 e. The highest BCUT2D eigenvalue weighted by molar-refractivity contribution is 8.22. The van der Waals surface area contributed by atoms with Crippen LogP contribution in [0.15, 0.2) is 70.2 Å². The topological polar surface area (TPSA) is 138 Å². The Balaban J connectivity index is 2.01. The molecule has 1 heterocycles. The van der Waals surface area contributed by atoms with Crippen LogP contribution in [-0.2, 0) is 13.1 Å². The van der Waals surface area contributed by atoms with Crippen molar-refractivity contribution in [2.45, 2.75) is 24.3 Å². The number of furan rings is 1. The Morgan fingerprint density at radius 2 is 1.31 bits per heavy atom. The van der Waals surface area contributed by atoms with Gasteiger partial charge in [-0.25, -0.2) is 0 Å². The van der Waals surface area contributed by atoms with Gasteiger partial charge in [-0.15, -0.1) is 0 Å². The van der Waals surface area contributed by atoms with Gasteiger partial charge in [0.1, 0.15) is 6.10 Å². The summed E-state index contributed by atoms with van der Waals surface area (Å²) in [4.78, 5) is 0. The number of aliphatic hydroxyl groups is 2. The Kier molecular flexibility index (Phi) is 6.48. The molecule has 1 aromatic heterocycles. The summed E-state index contributed by atoms with van der Waals surface area (Å²) < 4.78 is 28.5. The van der Waals surface area contributed by atoms with E-state index in [1.807, 2.05) is 60.7 Å². The van der Waals surface area contributed by atoms with Gasteiger partial charge < -0.3 is 24.8 Å². The van der Waals surface area contributed by atoms with Gasteiger partial charge >= 0.3 is 0 Å². The van der Waals surface area contributed by atoms with Crippen molar-refractivity contribution in [2.75, 3.05) is 6.61 Å². The van der Waals surface area contributed by atoms with Gasteiger partial charge in [0.15, 0.2) is 5.76 Å². The van der Waals surface area contributed by atoms with Crippen LogP contribution in [0.25, 0.3) is 0 Å². The first kappa shape index (κ1) is 21.2. The summed E-state index contributed by atoms with van der Waals surface area (Å²) in [5.74, 6) is -2.28. The quantitative estimate of drug-likeness (QED) is 0.325. The molecular formula is C20H23NO7S. The summed E-state index contributed by atoms with van der Waals surface area (Å²) in [7, 11) is -3.91. The highest BCUT2D eigenvalue weighted by atomic mass is 32.3. The second kappa shape index (κ2) is 8.87. The van der Waals surface area contributed by atoms with Crippen molar-refractivity contribution < 1.29 is 33.9 Å². The van der Waals surface area contributed by atoms with Crippen molar-refractivity contribution in [3.8, 4) is 11.5 Å². The van der Waals surface area contributed by atoms with E-state index in [2.05, 4.69) is 0 Å². The zero-order valence-electron chi connectivity index (χ0n) is 15.4. The SMILES string of the molecule is OC[C@@H](O)c1oc(S(O)(O)N(Cc2ccccc2)Cc2ccccc2)c(O)c1O. The van der Waals surface area contributed by atoms with Crippen LogP contribution in [0.1, 0.15) is 23.0 Å². The van der Waals surface area contributed by atoms with Gasteiger partial charge in [0.25, 0.3) is 5.09 Å². The fraction of sp³-hybridized carbons (Fsp3) is 0.200. The Bertz CT molecular complexity index is 889. The average Bonchev–Trinajstić information content (AvgIpc) is 3.04. The highest BCUT2D eigenvalue weighted by Gasteiger charge is 2.36. The molecule has 156 valence electrons. The van der Waals surface area contributed by atoms with E-state index in [0.29, 0.717) is 0 Å². The lowest BCUT2D eigenvalue weighted by molar-refractivity contribution is 0.0711. The monoisotopic (exact) mass is 421 g/mol. The number of benzene rings is 2. The lowest BCUT2D eigenvalue weighted by Crippen LogP contribution is -2.27. The molecule has 3 rings (SSSR count). The Morgan fingerprint density at radius 1 is 0.828 bits per heavy atom. The fourth-order valence-electron chi connectivity index (χ4n) is 2.83. The van der Waals surface area contributed by atoms with E-state index >= 15 is 0 Å². The molecule has 9 heteroatoms. The van der Waals surface area contributed by atoms with Gasteiger partial charge in [-0.05, 0) is 11.1 Å². The summed E-state index contributed by atoms with van der Waals surface area (Å²) in [6.07, 6.45) is -1.62. The molecule has 6 N–H and O–H groups in total. The van der Waals surface area contributed by atoms with Gasteiger partial charge in [0, 0.05) is 13.1 Å². The zero-order valence-corrected chi connectivity index (χ0v) is 16.2. The molecule has 0 aliphatic rings. The molecule has 0 saturated heterocycles. The molecule has 0 aliphatic carbocycles. The maximum atomic E-state index is 11.0. The second-order valence-corrected chi connectivity index (χ2v) is 8.36. The number of hydrogen-bond donors (Lipinski definition) is 6. The lowest BCUT2D eigenvalue weighted by atomic mass is 10.2. The summed E-state index contributed by atoms with van der Waals surface area (Å²) in [6, 6.07) is 18.2. The fourth-order valence-corrected chi connectivity index (χ4v) is 4.28. The first-order valence-electron chi connectivity index (χ1n) is 8.79. The van der Waals surface area contributed by atoms with E-state index in [1.54, 1.807) is 0 Å². The standard InChI is InChI=1S/C20H23NO7S/c22-13-16(23)19-17(24)18(25)20(28-19)29(26,27)21(11-14-7-3-1-4-8-14)12-15-9-5-2-6-10-15/h1-10,16,22-27H,11-13H2/t16-/m1/s1. The van der Waals surface area contributed by atoms with Crippen molar-refractivity contribution in [2.24, 2.45) is 0 Å². The first-order chi connectivity index (χ1) is 13.8. The van der Waals surface area contributed by atoms with Crippen molar-refractivity contribution in [3.05, 3.63) is 77.6 Å². The Hall–Kier alpha value is -2.53. The third kappa shape index (κ3) is 4.56. The van der Waals surface area contributed by atoms with E-state index in [-0.39, 0.29) is 13.1 Å². The first-order valence-corrected chi connectivity index (χ1v) is 10.3. The van der Waals surface area contributed by atoms with Crippen molar-refractivity contribution in [1.82, 2.24) is 4.31 Å². The maximum absolute atomic E-state index is 11.0. The van der Waals surface area contributed by atoms with Gasteiger partial charge in [-0.2, -0.15) is 4.31 Å². The molecule has 3 aromatic rings. The Labute approximate surface area is 169 Å². The highest BCUT2D eigenvalue weighted by Crippen LogP contribution is 2.60. The van der Waals surface area contributed by atoms with Crippen molar-refractivity contribution in [1.29, 1.82) is 0 Å².